The summed E-state index contributed by atoms with van der Waals surface area (Å²) in [5, 5.41) is 3.29. The van der Waals surface area contributed by atoms with Gasteiger partial charge in [0.1, 0.15) is 18.2 Å². The zero-order valence-corrected chi connectivity index (χ0v) is 11.6. The molecule has 0 amide bonds. The van der Waals surface area contributed by atoms with Crippen molar-refractivity contribution in [1.82, 2.24) is 14.9 Å². The van der Waals surface area contributed by atoms with Crippen LogP contribution >= 0.6 is 0 Å². The van der Waals surface area contributed by atoms with Gasteiger partial charge in [-0.1, -0.05) is 0 Å². The van der Waals surface area contributed by atoms with Crippen LogP contribution in [0.2, 0.25) is 0 Å². The van der Waals surface area contributed by atoms with Crippen molar-refractivity contribution in [2.75, 3.05) is 44.3 Å². The number of nitrogen functional groups attached to an aromatic ring is 1. The molecule has 0 radical (unpaired) electrons. The molecule has 1 fully saturated rings. The second kappa shape index (κ2) is 7.25. The van der Waals surface area contributed by atoms with Crippen molar-refractivity contribution in [3.8, 4) is 0 Å². The molecule has 0 aromatic carbocycles. The highest BCUT2D eigenvalue weighted by atomic mass is 16.5. The molecule has 0 atom stereocenters. The Bertz CT molecular complexity index is 393. The number of nitrogens with one attached hydrogen (secondary N) is 1. The predicted molar refractivity (Wildman–Crippen MR) is 75.9 cm³/mol. The van der Waals surface area contributed by atoms with Crippen molar-refractivity contribution in [3.63, 3.8) is 0 Å². The highest BCUT2D eigenvalue weighted by Gasteiger charge is 2.10. The number of nitrogens with zero attached hydrogens (tertiary/aromatic N) is 3. The Hall–Kier alpha value is -1.40. The normalized spacial score (nSPS) is 15.8. The molecule has 6 heteroatoms. The number of nitrogens with two attached hydrogens (primary N) is 1. The first-order chi connectivity index (χ1) is 9.28. The standard InChI is InChI=1S/C13H23N5O/c1-19-10-13-16-11(14)9-12(17-13)15-5-4-8-18-6-2-3-7-18/h9H,2-8,10H2,1H3,(H3,14,15,16,17). The number of rotatable bonds is 7. The molecule has 0 spiro atoms. The number of hydrogen-bond donors (Lipinski definition) is 2. The van der Waals surface area contributed by atoms with E-state index in [4.69, 9.17) is 10.5 Å². The van der Waals surface area contributed by atoms with Gasteiger partial charge in [-0.25, -0.2) is 9.97 Å². The molecule has 0 aliphatic carbocycles. The number of likely N-dealkylation sites (tertiary alicyclic amines) is 1. The molecule has 6 nitrogen and oxygen atoms in total. The minimum Gasteiger partial charge on any atom is -0.384 e. The van der Waals surface area contributed by atoms with Crippen LogP contribution in [0.3, 0.4) is 0 Å². The van der Waals surface area contributed by atoms with E-state index in [1.54, 1.807) is 13.2 Å². The maximum absolute atomic E-state index is 5.74. The monoisotopic (exact) mass is 265 g/mol. The number of methoxy groups -OCH3 is 1. The molecule has 2 rings (SSSR count). The SMILES string of the molecule is COCc1nc(N)cc(NCCCN2CCCC2)n1. The summed E-state index contributed by atoms with van der Waals surface area (Å²) in [7, 11) is 1.62. The van der Waals surface area contributed by atoms with Crippen molar-refractivity contribution in [2.24, 2.45) is 0 Å². The molecule has 1 aromatic heterocycles. The van der Waals surface area contributed by atoms with Crippen LogP contribution < -0.4 is 11.1 Å². The van der Waals surface area contributed by atoms with Gasteiger partial charge in [0.25, 0.3) is 0 Å². The molecule has 3 N–H and O–H groups in total. The lowest BCUT2D eigenvalue weighted by molar-refractivity contribution is 0.178. The Balaban J connectivity index is 1.75. The first kappa shape index (κ1) is 14.0. The number of aromatic nitrogens is 2. The molecule has 1 aliphatic heterocycles. The Kier molecular flexibility index (Phi) is 5.35. The van der Waals surface area contributed by atoms with E-state index in [2.05, 4.69) is 20.2 Å². The summed E-state index contributed by atoms with van der Waals surface area (Å²) < 4.78 is 5.02. The number of anilines is 2. The molecule has 106 valence electrons. The molecular formula is C13H23N5O. The maximum atomic E-state index is 5.74. The van der Waals surface area contributed by atoms with E-state index < -0.39 is 0 Å². The van der Waals surface area contributed by atoms with E-state index in [-0.39, 0.29) is 0 Å². The van der Waals surface area contributed by atoms with Gasteiger partial charge in [-0.3, -0.25) is 0 Å². The fraction of sp³-hybridized carbons (Fsp3) is 0.692. The van der Waals surface area contributed by atoms with Gasteiger partial charge in [-0.15, -0.1) is 0 Å². The fourth-order valence-corrected chi connectivity index (χ4v) is 2.33. The maximum Gasteiger partial charge on any atom is 0.158 e. The molecule has 0 bridgehead atoms. The lowest BCUT2D eigenvalue weighted by Gasteiger charge is -2.14. The van der Waals surface area contributed by atoms with Gasteiger partial charge in [0.2, 0.25) is 0 Å². The van der Waals surface area contributed by atoms with Crippen LogP contribution in [0.15, 0.2) is 6.07 Å². The highest BCUT2D eigenvalue weighted by Crippen LogP contribution is 2.10. The Morgan fingerprint density at radius 1 is 1.37 bits per heavy atom. The Morgan fingerprint density at radius 3 is 2.89 bits per heavy atom. The van der Waals surface area contributed by atoms with Crippen LogP contribution in [0, 0.1) is 0 Å². The topological polar surface area (TPSA) is 76.3 Å². The molecule has 0 saturated carbocycles. The molecule has 2 heterocycles. The first-order valence-electron chi connectivity index (χ1n) is 6.86. The van der Waals surface area contributed by atoms with E-state index in [0.717, 1.165) is 25.3 Å². The minimum absolute atomic E-state index is 0.382. The predicted octanol–water partition coefficient (Wildman–Crippen LogP) is 1.10. The first-order valence-corrected chi connectivity index (χ1v) is 6.86. The van der Waals surface area contributed by atoms with Crippen LogP contribution in [0.1, 0.15) is 25.1 Å². The van der Waals surface area contributed by atoms with Crippen LogP contribution in [-0.2, 0) is 11.3 Å². The molecule has 1 saturated heterocycles. The number of ether oxygens (including phenoxy) is 1. The highest BCUT2D eigenvalue weighted by molar-refractivity contribution is 5.44. The largest absolute Gasteiger partial charge is 0.384 e. The third-order valence-electron chi connectivity index (χ3n) is 3.22. The molecule has 0 unspecified atom stereocenters. The lowest BCUT2D eigenvalue weighted by Crippen LogP contribution is -2.22. The van der Waals surface area contributed by atoms with Gasteiger partial charge in [-0.05, 0) is 38.9 Å². The van der Waals surface area contributed by atoms with E-state index >= 15 is 0 Å². The van der Waals surface area contributed by atoms with Crippen molar-refractivity contribution >= 4 is 11.6 Å². The molecule has 19 heavy (non-hydrogen) atoms. The van der Waals surface area contributed by atoms with Crippen LogP contribution in [-0.4, -0.2) is 48.2 Å². The van der Waals surface area contributed by atoms with Gasteiger partial charge in [0.05, 0.1) is 0 Å². The lowest BCUT2D eigenvalue weighted by atomic mass is 10.4. The summed E-state index contributed by atoms with van der Waals surface area (Å²) in [4.78, 5) is 11.0. The van der Waals surface area contributed by atoms with E-state index in [1.807, 2.05) is 0 Å². The Labute approximate surface area is 114 Å². The minimum atomic E-state index is 0.382. The van der Waals surface area contributed by atoms with Gasteiger partial charge in [0, 0.05) is 19.7 Å². The average Bonchev–Trinajstić information content (AvgIpc) is 2.87. The van der Waals surface area contributed by atoms with E-state index in [0.29, 0.717) is 18.2 Å². The third-order valence-corrected chi connectivity index (χ3v) is 3.22. The summed E-state index contributed by atoms with van der Waals surface area (Å²) in [5.41, 5.74) is 5.74. The van der Waals surface area contributed by atoms with Crippen LogP contribution in [0.4, 0.5) is 11.6 Å². The fourth-order valence-electron chi connectivity index (χ4n) is 2.33. The third kappa shape index (κ3) is 4.65. The summed E-state index contributed by atoms with van der Waals surface area (Å²) in [6, 6.07) is 1.76. The van der Waals surface area contributed by atoms with E-state index in [9.17, 15) is 0 Å². The summed E-state index contributed by atoms with van der Waals surface area (Å²) in [6.07, 6.45) is 3.80. The number of hydrogen-bond acceptors (Lipinski definition) is 6. The van der Waals surface area contributed by atoms with Gasteiger partial charge < -0.3 is 20.7 Å². The van der Waals surface area contributed by atoms with Crippen LogP contribution in [0.25, 0.3) is 0 Å². The van der Waals surface area contributed by atoms with Crippen molar-refractivity contribution in [2.45, 2.75) is 25.9 Å². The van der Waals surface area contributed by atoms with Gasteiger partial charge >= 0.3 is 0 Å². The molecule has 1 aliphatic rings. The van der Waals surface area contributed by atoms with Crippen molar-refractivity contribution in [3.05, 3.63) is 11.9 Å². The second-order valence-corrected chi connectivity index (χ2v) is 4.86. The molecule has 1 aromatic rings. The summed E-state index contributed by atoms with van der Waals surface area (Å²) in [5.74, 6) is 1.87. The summed E-state index contributed by atoms with van der Waals surface area (Å²) in [6.45, 7) is 4.93. The zero-order chi connectivity index (χ0) is 13.5. The van der Waals surface area contributed by atoms with Gasteiger partial charge in [0.15, 0.2) is 5.82 Å². The molecular weight excluding hydrogens is 242 g/mol. The van der Waals surface area contributed by atoms with Crippen LogP contribution in [0.5, 0.6) is 0 Å². The van der Waals surface area contributed by atoms with E-state index in [1.165, 1.54) is 25.9 Å². The average molecular weight is 265 g/mol. The van der Waals surface area contributed by atoms with Gasteiger partial charge in [-0.2, -0.15) is 0 Å². The van der Waals surface area contributed by atoms with Crippen molar-refractivity contribution in [1.29, 1.82) is 0 Å². The Morgan fingerprint density at radius 2 is 2.16 bits per heavy atom. The van der Waals surface area contributed by atoms with Crippen molar-refractivity contribution < 1.29 is 4.74 Å². The zero-order valence-electron chi connectivity index (χ0n) is 11.6. The quantitative estimate of drug-likeness (QED) is 0.719. The smallest absolute Gasteiger partial charge is 0.158 e. The summed E-state index contributed by atoms with van der Waals surface area (Å²) >= 11 is 0. The second-order valence-electron chi connectivity index (χ2n) is 4.86.